The third kappa shape index (κ3) is 2.57. The van der Waals surface area contributed by atoms with Gasteiger partial charge < -0.3 is 5.11 Å². The molecule has 0 radical (unpaired) electrons. The van der Waals surface area contributed by atoms with Crippen LogP contribution >= 0.6 is 0 Å². The molecule has 80 valence electrons. The van der Waals surface area contributed by atoms with Crippen molar-refractivity contribution >= 4 is 15.8 Å². The van der Waals surface area contributed by atoms with E-state index in [1.165, 1.54) is 0 Å². The molecule has 0 saturated carbocycles. The average Bonchev–Trinajstić information content (AvgIpc) is 2.08. The van der Waals surface area contributed by atoms with Crippen LogP contribution in [0, 0.1) is 0 Å². The van der Waals surface area contributed by atoms with Crippen LogP contribution in [0.5, 0.6) is 0 Å². The minimum Gasteiger partial charge on any atom is -0.478 e. The molecule has 14 heavy (non-hydrogen) atoms. The van der Waals surface area contributed by atoms with Gasteiger partial charge in [-0.15, -0.1) is 0 Å². The van der Waals surface area contributed by atoms with Crippen molar-refractivity contribution in [3.63, 3.8) is 0 Å². The van der Waals surface area contributed by atoms with E-state index in [0.29, 0.717) is 12.8 Å². The predicted molar refractivity (Wildman–Crippen MR) is 52.8 cm³/mol. The monoisotopic (exact) mass is 218 g/mol. The molecule has 1 unspecified atom stereocenters. The van der Waals surface area contributed by atoms with Crippen molar-refractivity contribution in [3.8, 4) is 0 Å². The van der Waals surface area contributed by atoms with Crippen molar-refractivity contribution < 1.29 is 18.3 Å². The van der Waals surface area contributed by atoms with Crippen LogP contribution in [-0.2, 0) is 14.6 Å². The molecule has 1 aliphatic rings. The van der Waals surface area contributed by atoms with Gasteiger partial charge in [0, 0.05) is 5.57 Å². The van der Waals surface area contributed by atoms with E-state index in [1.807, 2.05) is 0 Å². The molecule has 0 aromatic rings. The quantitative estimate of drug-likeness (QED) is 0.717. The Balaban J connectivity index is 2.68. The van der Waals surface area contributed by atoms with Gasteiger partial charge in [-0.1, -0.05) is 13.0 Å². The Hall–Kier alpha value is -0.840. The van der Waals surface area contributed by atoms with Crippen LogP contribution in [0.3, 0.4) is 0 Å². The Morgan fingerprint density at radius 2 is 2.07 bits per heavy atom. The number of aliphatic carboxylic acids is 1. The maximum absolute atomic E-state index is 11.5. The fraction of sp³-hybridized carbons (Fsp3) is 0.667. The first-order valence-electron chi connectivity index (χ1n) is 4.56. The van der Waals surface area contributed by atoms with Gasteiger partial charge in [0.2, 0.25) is 0 Å². The summed E-state index contributed by atoms with van der Waals surface area (Å²) in [6.07, 6.45) is 2.18. The van der Waals surface area contributed by atoms with Crippen LogP contribution in [0.4, 0.5) is 0 Å². The summed E-state index contributed by atoms with van der Waals surface area (Å²) in [5.74, 6) is -0.921. The molecule has 1 fully saturated rings. The van der Waals surface area contributed by atoms with Gasteiger partial charge in [-0.05, 0) is 19.3 Å². The maximum Gasteiger partial charge on any atom is 0.330 e. The van der Waals surface area contributed by atoms with Gasteiger partial charge in [0.15, 0.2) is 9.84 Å². The lowest BCUT2D eigenvalue weighted by Gasteiger charge is -2.21. The van der Waals surface area contributed by atoms with Crippen molar-refractivity contribution in [2.24, 2.45) is 0 Å². The van der Waals surface area contributed by atoms with Gasteiger partial charge in [0.1, 0.15) is 0 Å². The van der Waals surface area contributed by atoms with Crippen LogP contribution in [0.1, 0.15) is 25.7 Å². The minimum atomic E-state index is -3.08. The number of carbonyl (C=O) groups is 1. The molecule has 0 amide bonds. The van der Waals surface area contributed by atoms with E-state index < -0.39 is 21.1 Å². The Kier molecular flexibility index (Phi) is 3.31. The molecule has 0 aliphatic carbocycles. The third-order valence-corrected chi connectivity index (χ3v) is 4.77. The van der Waals surface area contributed by atoms with Crippen molar-refractivity contribution in [1.82, 2.24) is 0 Å². The fourth-order valence-corrected chi connectivity index (χ4v) is 3.53. The first-order valence-corrected chi connectivity index (χ1v) is 6.27. The highest BCUT2D eigenvalue weighted by Gasteiger charge is 2.30. The SMILES string of the molecule is C=C(CC1CCCCS1(=O)=O)C(=O)O. The molecule has 1 N–H and O–H groups in total. The molecule has 0 aromatic carbocycles. The summed E-state index contributed by atoms with van der Waals surface area (Å²) >= 11 is 0. The fourth-order valence-electron chi connectivity index (χ4n) is 1.61. The van der Waals surface area contributed by atoms with Crippen LogP contribution in [0.25, 0.3) is 0 Å². The summed E-state index contributed by atoms with van der Waals surface area (Å²) in [5.41, 5.74) is -0.0134. The summed E-state index contributed by atoms with van der Waals surface area (Å²) in [5, 5.41) is 8.06. The summed E-state index contributed by atoms with van der Waals surface area (Å²) in [6, 6.07) is 0. The first-order chi connectivity index (χ1) is 6.43. The molecule has 1 atom stereocenters. The van der Waals surface area contributed by atoms with Gasteiger partial charge in [-0.2, -0.15) is 0 Å². The molecule has 1 aliphatic heterocycles. The average molecular weight is 218 g/mol. The molecule has 0 spiro atoms. The van der Waals surface area contributed by atoms with E-state index in [4.69, 9.17) is 5.11 Å². The molecule has 0 bridgehead atoms. The normalized spacial score (nSPS) is 25.6. The smallest absolute Gasteiger partial charge is 0.330 e. The van der Waals surface area contributed by atoms with Gasteiger partial charge in [-0.3, -0.25) is 0 Å². The Morgan fingerprint density at radius 3 is 2.57 bits per heavy atom. The Bertz CT molecular complexity index is 342. The predicted octanol–water partition coefficient (Wildman–Crippen LogP) is 0.985. The molecule has 1 saturated heterocycles. The van der Waals surface area contributed by atoms with Gasteiger partial charge >= 0.3 is 5.97 Å². The zero-order valence-electron chi connectivity index (χ0n) is 7.90. The topological polar surface area (TPSA) is 71.4 Å². The van der Waals surface area contributed by atoms with E-state index in [0.717, 1.165) is 6.42 Å². The highest BCUT2D eigenvalue weighted by atomic mass is 32.2. The van der Waals surface area contributed by atoms with Crippen LogP contribution in [0.15, 0.2) is 12.2 Å². The van der Waals surface area contributed by atoms with Crippen LogP contribution < -0.4 is 0 Å². The molecule has 0 aromatic heterocycles. The number of carboxylic acids is 1. The number of carboxylic acid groups (broad SMARTS) is 1. The number of sulfone groups is 1. The van der Waals surface area contributed by atoms with Crippen molar-refractivity contribution in [2.45, 2.75) is 30.9 Å². The van der Waals surface area contributed by atoms with Gasteiger partial charge in [-0.25, -0.2) is 13.2 Å². The largest absolute Gasteiger partial charge is 0.478 e. The lowest BCUT2D eigenvalue weighted by atomic mass is 10.1. The first kappa shape index (κ1) is 11.2. The summed E-state index contributed by atoms with van der Waals surface area (Å²) in [7, 11) is -3.08. The molecule has 4 nitrogen and oxygen atoms in total. The summed E-state index contributed by atoms with van der Waals surface area (Å²) in [6.45, 7) is 3.35. The minimum absolute atomic E-state index is 0.0134. The zero-order chi connectivity index (χ0) is 10.8. The van der Waals surface area contributed by atoms with Gasteiger partial charge in [0.05, 0.1) is 11.0 Å². The Labute approximate surface area is 83.5 Å². The van der Waals surface area contributed by atoms with Gasteiger partial charge in [0.25, 0.3) is 0 Å². The molecular formula is C9H14O4S. The highest BCUT2D eigenvalue weighted by Crippen LogP contribution is 2.24. The third-order valence-electron chi connectivity index (χ3n) is 2.49. The van der Waals surface area contributed by atoms with E-state index in [9.17, 15) is 13.2 Å². The lowest BCUT2D eigenvalue weighted by molar-refractivity contribution is -0.132. The summed E-state index contributed by atoms with van der Waals surface area (Å²) in [4.78, 5) is 10.5. The molecule has 5 heteroatoms. The van der Waals surface area contributed by atoms with E-state index in [1.54, 1.807) is 0 Å². The summed E-state index contributed by atoms with van der Waals surface area (Å²) < 4.78 is 23.0. The standard InChI is InChI=1S/C9H14O4S/c1-7(9(10)11)6-8-4-2-3-5-14(8,12)13/h8H,1-6H2,(H,10,11). The highest BCUT2D eigenvalue weighted by molar-refractivity contribution is 7.92. The molecule has 1 heterocycles. The van der Waals surface area contributed by atoms with Crippen molar-refractivity contribution in [2.75, 3.05) is 5.75 Å². The van der Waals surface area contributed by atoms with Crippen molar-refractivity contribution in [3.05, 3.63) is 12.2 Å². The van der Waals surface area contributed by atoms with E-state index >= 15 is 0 Å². The Morgan fingerprint density at radius 1 is 1.43 bits per heavy atom. The number of rotatable bonds is 3. The van der Waals surface area contributed by atoms with Crippen molar-refractivity contribution in [1.29, 1.82) is 0 Å². The molecule has 1 rings (SSSR count). The van der Waals surface area contributed by atoms with E-state index in [-0.39, 0.29) is 17.7 Å². The second-order valence-corrected chi connectivity index (χ2v) is 6.00. The van der Waals surface area contributed by atoms with Crippen LogP contribution in [-0.4, -0.2) is 30.5 Å². The maximum atomic E-state index is 11.5. The lowest BCUT2D eigenvalue weighted by Crippen LogP contribution is -2.29. The van der Waals surface area contributed by atoms with Crippen LogP contribution in [0.2, 0.25) is 0 Å². The second-order valence-electron chi connectivity index (χ2n) is 3.60. The second kappa shape index (κ2) is 4.13. The molecular weight excluding hydrogens is 204 g/mol. The number of hydrogen-bond acceptors (Lipinski definition) is 3. The number of hydrogen-bond donors (Lipinski definition) is 1. The zero-order valence-corrected chi connectivity index (χ0v) is 8.72. The van der Waals surface area contributed by atoms with E-state index in [2.05, 4.69) is 6.58 Å².